The summed E-state index contributed by atoms with van der Waals surface area (Å²) in [6.07, 6.45) is 0.668. The number of hydrogen-bond donors (Lipinski definition) is 2. The maximum atomic E-state index is 11.7. The van der Waals surface area contributed by atoms with Crippen LogP contribution in [-0.4, -0.2) is 43.3 Å². The predicted molar refractivity (Wildman–Crippen MR) is 88.5 cm³/mol. The van der Waals surface area contributed by atoms with Gasteiger partial charge in [0.1, 0.15) is 11.1 Å². The second-order valence-corrected chi connectivity index (χ2v) is 5.70. The summed E-state index contributed by atoms with van der Waals surface area (Å²) in [5, 5.41) is 8.00. The number of rotatable bonds is 10. The number of amides is 2. The Morgan fingerprint density at radius 2 is 2.13 bits per heavy atom. The first-order valence-corrected chi connectivity index (χ1v) is 8.68. The van der Waals surface area contributed by atoms with Gasteiger partial charge >= 0.3 is 12.0 Å². The normalized spacial score (nSPS) is 11.8. The number of ether oxygens (including phenoxy) is 2. The number of urea groups is 1. The number of esters is 1. The van der Waals surface area contributed by atoms with Crippen LogP contribution in [0, 0.1) is 0 Å². The van der Waals surface area contributed by atoms with Gasteiger partial charge in [0, 0.05) is 25.1 Å². The maximum Gasteiger partial charge on any atom is 0.314 e. The van der Waals surface area contributed by atoms with Crippen molar-refractivity contribution in [1.29, 1.82) is 0 Å². The fraction of sp³-hybridized carbons (Fsp3) is 0.667. The molecule has 1 rings (SSSR count). The van der Waals surface area contributed by atoms with Crippen LogP contribution >= 0.6 is 11.3 Å². The van der Waals surface area contributed by atoms with Crippen molar-refractivity contribution in [3.63, 3.8) is 0 Å². The van der Waals surface area contributed by atoms with Gasteiger partial charge < -0.3 is 20.1 Å². The SMILES string of the molecule is CCNC(=O)NCCCOC(=O)Cc1csc(C(C)OCC)n1. The maximum absolute atomic E-state index is 11.7. The van der Waals surface area contributed by atoms with Crippen molar-refractivity contribution >= 4 is 23.3 Å². The minimum atomic E-state index is -0.316. The van der Waals surface area contributed by atoms with Gasteiger partial charge in [-0.2, -0.15) is 0 Å². The van der Waals surface area contributed by atoms with E-state index in [9.17, 15) is 9.59 Å². The Morgan fingerprint density at radius 3 is 2.83 bits per heavy atom. The third-order valence-corrected chi connectivity index (χ3v) is 3.92. The molecular formula is C15H25N3O4S. The second-order valence-electron chi connectivity index (χ2n) is 4.81. The van der Waals surface area contributed by atoms with Crippen molar-refractivity contribution in [2.24, 2.45) is 0 Å². The van der Waals surface area contributed by atoms with Crippen molar-refractivity contribution in [2.45, 2.75) is 39.7 Å². The first-order chi connectivity index (χ1) is 11.1. The highest BCUT2D eigenvalue weighted by Gasteiger charge is 2.13. The first-order valence-electron chi connectivity index (χ1n) is 7.80. The van der Waals surface area contributed by atoms with Gasteiger partial charge in [-0.05, 0) is 27.2 Å². The van der Waals surface area contributed by atoms with Crippen LogP contribution in [-0.2, 0) is 20.7 Å². The smallest absolute Gasteiger partial charge is 0.314 e. The molecule has 0 saturated heterocycles. The number of nitrogens with zero attached hydrogens (tertiary/aromatic N) is 1. The zero-order valence-electron chi connectivity index (χ0n) is 13.9. The molecule has 0 bridgehead atoms. The van der Waals surface area contributed by atoms with Crippen molar-refractivity contribution in [3.8, 4) is 0 Å². The van der Waals surface area contributed by atoms with E-state index in [1.54, 1.807) is 0 Å². The molecule has 0 aliphatic heterocycles. The monoisotopic (exact) mass is 343 g/mol. The molecule has 7 nitrogen and oxygen atoms in total. The van der Waals surface area contributed by atoms with Gasteiger partial charge in [0.2, 0.25) is 0 Å². The van der Waals surface area contributed by atoms with E-state index in [0.717, 1.165) is 5.01 Å². The highest BCUT2D eigenvalue weighted by Crippen LogP contribution is 2.21. The van der Waals surface area contributed by atoms with E-state index in [4.69, 9.17) is 9.47 Å². The van der Waals surface area contributed by atoms with Gasteiger partial charge in [-0.15, -0.1) is 11.3 Å². The molecule has 1 aromatic rings. The molecule has 0 spiro atoms. The summed E-state index contributed by atoms with van der Waals surface area (Å²) in [6.45, 7) is 7.67. The Hall–Kier alpha value is -1.67. The topological polar surface area (TPSA) is 89.6 Å². The van der Waals surface area contributed by atoms with Crippen LogP contribution in [0.5, 0.6) is 0 Å². The number of carbonyl (C=O) groups excluding carboxylic acids is 2. The largest absolute Gasteiger partial charge is 0.465 e. The lowest BCUT2D eigenvalue weighted by atomic mass is 10.3. The Labute approximate surface area is 140 Å². The van der Waals surface area contributed by atoms with Gasteiger partial charge in [-0.1, -0.05) is 0 Å². The van der Waals surface area contributed by atoms with Gasteiger partial charge in [-0.25, -0.2) is 9.78 Å². The van der Waals surface area contributed by atoms with Crippen molar-refractivity contribution < 1.29 is 19.1 Å². The summed E-state index contributed by atoms with van der Waals surface area (Å²) in [6, 6.07) is -0.211. The highest BCUT2D eigenvalue weighted by atomic mass is 32.1. The first kappa shape index (κ1) is 19.4. The predicted octanol–water partition coefficient (Wildman–Crippen LogP) is 2.04. The van der Waals surface area contributed by atoms with Gasteiger partial charge in [0.05, 0.1) is 18.7 Å². The van der Waals surface area contributed by atoms with Crippen molar-refractivity contribution in [3.05, 3.63) is 16.1 Å². The molecule has 0 fully saturated rings. The molecule has 1 heterocycles. The summed E-state index contributed by atoms with van der Waals surface area (Å²) < 4.78 is 10.6. The molecule has 1 atom stereocenters. The highest BCUT2D eigenvalue weighted by molar-refractivity contribution is 7.09. The lowest BCUT2D eigenvalue weighted by molar-refractivity contribution is -0.142. The fourth-order valence-corrected chi connectivity index (χ4v) is 2.62. The molecule has 2 N–H and O–H groups in total. The fourth-order valence-electron chi connectivity index (χ4n) is 1.79. The lowest BCUT2D eigenvalue weighted by Crippen LogP contribution is -2.36. The number of carbonyl (C=O) groups is 2. The second kappa shape index (κ2) is 11.0. The number of hydrogen-bond acceptors (Lipinski definition) is 6. The number of aromatic nitrogens is 1. The van der Waals surface area contributed by atoms with E-state index >= 15 is 0 Å². The average molecular weight is 343 g/mol. The summed E-state index contributed by atoms with van der Waals surface area (Å²) in [5.74, 6) is -0.316. The molecule has 8 heteroatoms. The molecule has 1 unspecified atom stereocenters. The molecule has 2 amide bonds. The molecule has 0 saturated carbocycles. The van der Waals surface area contributed by atoms with Gasteiger partial charge in [0.15, 0.2) is 0 Å². The molecule has 1 aromatic heterocycles. The zero-order valence-corrected chi connectivity index (χ0v) is 14.7. The zero-order chi connectivity index (χ0) is 17.1. The van der Waals surface area contributed by atoms with E-state index in [-0.39, 0.29) is 31.1 Å². The quantitative estimate of drug-likeness (QED) is 0.501. The van der Waals surface area contributed by atoms with E-state index in [2.05, 4.69) is 15.6 Å². The van der Waals surface area contributed by atoms with E-state index in [1.807, 2.05) is 26.2 Å². The molecule has 0 aliphatic rings. The summed E-state index contributed by atoms with van der Waals surface area (Å²) in [7, 11) is 0. The third kappa shape index (κ3) is 7.94. The Morgan fingerprint density at radius 1 is 1.35 bits per heavy atom. The number of thiazole rings is 1. The van der Waals surface area contributed by atoms with E-state index in [1.165, 1.54) is 11.3 Å². The van der Waals surface area contributed by atoms with Crippen LogP contribution in [0.25, 0.3) is 0 Å². The summed E-state index contributed by atoms with van der Waals surface area (Å²) in [5.41, 5.74) is 0.696. The molecule has 0 radical (unpaired) electrons. The molecular weight excluding hydrogens is 318 g/mol. The number of nitrogens with one attached hydrogen (secondary N) is 2. The summed E-state index contributed by atoms with van der Waals surface area (Å²) in [4.78, 5) is 27.3. The molecule has 0 aromatic carbocycles. The van der Waals surface area contributed by atoms with Crippen LogP contribution in [0.1, 0.15) is 44.0 Å². The molecule has 0 aliphatic carbocycles. The Bertz CT molecular complexity index is 493. The van der Waals surface area contributed by atoms with Gasteiger partial charge in [0.25, 0.3) is 0 Å². The Balaban J connectivity index is 2.20. The van der Waals surface area contributed by atoms with Crippen LogP contribution in [0.4, 0.5) is 4.79 Å². The molecule has 23 heavy (non-hydrogen) atoms. The van der Waals surface area contributed by atoms with Gasteiger partial charge in [-0.3, -0.25) is 4.79 Å². The van der Waals surface area contributed by atoms with E-state index in [0.29, 0.717) is 31.8 Å². The van der Waals surface area contributed by atoms with E-state index < -0.39 is 0 Å². The Kier molecular flexibility index (Phi) is 9.23. The average Bonchev–Trinajstić information content (AvgIpc) is 2.96. The van der Waals surface area contributed by atoms with Crippen LogP contribution in [0.15, 0.2) is 5.38 Å². The van der Waals surface area contributed by atoms with Crippen LogP contribution in [0.2, 0.25) is 0 Å². The van der Waals surface area contributed by atoms with Crippen LogP contribution < -0.4 is 10.6 Å². The lowest BCUT2D eigenvalue weighted by Gasteiger charge is -2.07. The minimum Gasteiger partial charge on any atom is -0.465 e. The molecule has 130 valence electrons. The third-order valence-electron chi connectivity index (χ3n) is 2.87. The minimum absolute atomic E-state index is 0.0601. The standard InChI is InChI=1S/C15H25N3O4S/c1-4-16-15(20)17-7-6-8-22-13(19)9-12-10-23-14(18-12)11(3)21-5-2/h10-11H,4-9H2,1-3H3,(H2,16,17,20). The van der Waals surface area contributed by atoms with Crippen LogP contribution in [0.3, 0.4) is 0 Å². The van der Waals surface area contributed by atoms with Crippen molar-refractivity contribution in [1.82, 2.24) is 15.6 Å². The summed E-state index contributed by atoms with van der Waals surface area (Å²) >= 11 is 1.48. The van der Waals surface area contributed by atoms with Crippen molar-refractivity contribution in [2.75, 3.05) is 26.3 Å².